The monoisotopic (exact) mass is 579 g/mol. The number of rotatable bonds is 12. The largest absolute Gasteiger partial charge is 0.419 e. The normalized spacial score (nSPS) is 21.4. The van der Waals surface area contributed by atoms with Gasteiger partial charge in [0.15, 0.2) is 5.13 Å². The number of carbonyl (C=O) groups excluding carboxylic acids is 1. The highest BCUT2D eigenvalue weighted by atomic mass is 32.1. The molecule has 0 radical (unpaired) electrons. The van der Waals surface area contributed by atoms with Crippen LogP contribution in [0.15, 0.2) is 17.8 Å². The van der Waals surface area contributed by atoms with E-state index >= 15 is 0 Å². The fourth-order valence-electron chi connectivity index (χ4n) is 5.10. The molecule has 2 aliphatic rings. The van der Waals surface area contributed by atoms with Gasteiger partial charge in [-0.15, -0.1) is 22.7 Å². The van der Waals surface area contributed by atoms with E-state index < -0.39 is 17.2 Å². The first-order valence-corrected chi connectivity index (χ1v) is 14.8. The van der Waals surface area contributed by atoms with Crippen molar-refractivity contribution in [2.24, 2.45) is 5.41 Å². The predicted molar refractivity (Wildman–Crippen MR) is 147 cm³/mol. The third-order valence-corrected chi connectivity index (χ3v) is 9.46. The van der Waals surface area contributed by atoms with E-state index in [1.807, 2.05) is 31.1 Å². The van der Waals surface area contributed by atoms with Gasteiger partial charge in [0.25, 0.3) is 0 Å². The lowest BCUT2D eigenvalue weighted by molar-refractivity contribution is -0.138. The smallest absolute Gasteiger partial charge is 0.355 e. The van der Waals surface area contributed by atoms with Crippen LogP contribution in [-0.2, 0) is 11.0 Å². The van der Waals surface area contributed by atoms with E-state index in [1.165, 1.54) is 0 Å². The van der Waals surface area contributed by atoms with Crippen molar-refractivity contribution >= 4 is 39.7 Å². The van der Waals surface area contributed by atoms with Crippen molar-refractivity contribution in [2.45, 2.75) is 65.1 Å². The zero-order valence-electron chi connectivity index (χ0n) is 22.4. The van der Waals surface area contributed by atoms with E-state index in [0.29, 0.717) is 26.2 Å². The molecule has 210 valence electrons. The van der Waals surface area contributed by atoms with Crippen LogP contribution < -0.4 is 10.2 Å². The first kappa shape index (κ1) is 27.8. The summed E-state index contributed by atoms with van der Waals surface area (Å²) >= 11 is 3.18. The van der Waals surface area contributed by atoms with Gasteiger partial charge in [0.1, 0.15) is 0 Å². The Hall–Kier alpha value is -2.80. The fourth-order valence-corrected chi connectivity index (χ4v) is 6.86. The van der Waals surface area contributed by atoms with Gasteiger partial charge in [0.2, 0.25) is 11.9 Å². The van der Waals surface area contributed by atoms with Crippen LogP contribution in [0.4, 0.5) is 24.3 Å². The molecule has 0 saturated heterocycles. The molecule has 5 rings (SSSR count). The number of nitrogens with zero attached hydrogens (tertiary/aromatic N) is 6. The van der Waals surface area contributed by atoms with Gasteiger partial charge >= 0.3 is 6.18 Å². The quantitative estimate of drug-likeness (QED) is 0.291. The highest BCUT2D eigenvalue weighted by Crippen LogP contribution is 2.80. The molecule has 2 aliphatic carbocycles. The van der Waals surface area contributed by atoms with Crippen molar-refractivity contribution in [3.63, 3.8) is 0 Å². The average Bonchev–Trinajstić information content (AvgIpc) is 3.52. The Morgan fingerprint density at radius 1 is 1.10 bits per heavy atom. The van der Waals surface area contributed by atoms with Gasteiger partial charge in [-0.1, -0.05) is 13.3 Å². The Kier molecular flexibility index (Phi) is 7.34. The first-order valence-electron chi connectivity index (χ1n) is 13.1. The maximum atomic E-state index is 13.7. The van der Waals surface area contributed by atoms with Crippen LogP contribution in [0.1, 0.15) is 55.8 Å². The van der Waals surface area contributed by atoms with Gasteiger partial charge < -0.3 is 15.1 Å². The minimum absolute atomic E-state index is 0.138. The molecule has 1 amide bonds. The number of unbranched alkanes of at least 4 members (excludes halogenated alkanes) is 1. The van der Waals surface area contributed by atoms with Crippen LogP contribution in [0.2, 0.25) is 0 Å². The number of aryl methyl sites for hydroxylation is 2. The molecule has 3 heterocycles. The summed E-state index contributed by atoms with van der Waals surface area (Å²) in [4.78, 5) is 35.6. The number of nitrogens with one attached hydrogen (secondary N) is 1. The van der Waals surface area contributed by atoms with Crippen LogP contribution in [0.5, 0.6) is 0 Å². The minimum atomic E-state index is -4.48. The summed E-state index contributed by atoms with van der Waals surface area (Å²) in [6.45, 7) is 10.0. The van der Waals surface area contributed by atoms with Gasteiger partial charge in [-0.3, -0.25) is 4.79 Å². The maximum Gasteiger partial charge on any atom is 0.419 e. The molecule has 0 spiro atoms. The summed E-state index contributed by atoms with van der Waals surface area (Å²) in [5.41, 5.74) is 0.380. The number of likely N-dealkylation sites (N-methyl/N-ethyl adjacent to an activating group) is 1. The number of alkyl halides is 3. The Balaban J connectivity index is 1.22. The lowest BCUT2D eigenvalue weighted by atomic mass is 10.1. The second-order valence-electron chi connectivity index (χ2n) is 10.3. The summed E-state index contributed by atoms with van der Waals surface area (Å²) in [5, 5.41) is 7.42. The number of aromatic nitrogens is 4. The van der Waals surface area contributed by atoms with E-state index in [-0.39, 0.29) is 17.4 Å². The van der Waals surface area contributed by atoms with E-state index in [4.69, 9.17) is 4.98 Å². The van der Waals surface area contributed by atoms with Crippen LogP contribution in [0.3, 0.4) is 0 Å². The number of amides is 1. The predicted octanol–water partition coefficient (Wildman–Crippen LogP) is 5.79. The third kappa shape index (κ3) is 5.34. The number of carbonyl (C=O) groups is 1. The lowest BCUT2D eigenvalue weighted by Gasteiger charge is -2.28. The molecule has 3 aromatic heterocycles. The van der Waals surface area contributed by atoms with Crippen molar-refractivity contribution < 1.29 is 18.0 Å². The Morgan fingerprint density at radius 2 is 1.82 bits per heavy atom. The van der Waals surface area contributed by atoms with Crippen LogP contribution in [-0.4, -0.2) is 62.5 Å². The van der Waals surface area contributed by atoms with Gasteiger partial charge in [-0.2, -0.15) is 13.2 Å². The Morgan fingerprint density at radius 3 is 2.41 bits per heavy atom. The van der Waals surface area contributed by atoms with Crippen LogP contribution in [0, 0.1) is 19.3 Å². The number of thiazole rings is 2. The molecule has 0 aromatic carbocycles. The summed E-state index contributed by atoms with van der Waals surface area (Å²) in [7, 11) is 0. The molecular weight excluding hydrogens is 547 g/mol. The number of hydrogen-bond acceptors (Lipinski definition) is 9. The first-order chi connectivity index (χ1) is 18.5. The summed E-state index contributed by atoms with van der Waals surface area (Å²) in [6, 6.07) is 0. The van der Waals surface area contributed by atoms with Crippen molar-refractivity contribution in [3.8, 4) is 10.6 Å². The van der Waals surface area contributed by atoms with Gasteiger partial charge in [0, 0.05) is 44.0 Å². The van der Waals surface area contributed by atoms with E-state index in [2.05, 4.69) is 27.2 Å². The van der Waals surface area contributed by atoms with Gasteiger partial charge in [0.05, 0.1) is 37.8 Å². The second-order valence-corrected chi connectivity index (χ2v) is 12.4. The van der Waals surface area contributed by atoms with Gasteiger partial charge in [-0.05, 0) is 40.0 Å². The molecule has 0 bridgehead atoms. The fraction of sp³-hybridized carbons (Fsp3) is 0.577. The minimum Gasteiger partial charge on any atom is -0.355 e. The molecule has 3 aromatic rings. The number of hydrogen-bond donors (Lipinski definition) is 1. The highest BCUT2D eigenvalue weighted by molar-refractivity contribution is 7.16. The van der Waals surface area contributed by atoms with Gasteiger partial charge in [-0.25, -0.2) is 19.9 Å². The van der Waals surface area contributed by atoms with E-state index in [0.717, 1.165) is 64.5 Å². The summed E-state index contributed by atoms with van der Waals surface area (Å²) in [5.74, 6) is 0.366. The molecule has 39 heavy (non-hydrogen) atoms. The summed E-state index contributed by atoms with van der Waals surface area (Å²) in [6.07, 6.45) is 0.544. The average molecular weight is 580 g/mol. The van der Waals surface area contributed by atoms with Crippen molar-refractivity contribution in [2.75, 3.05) is 36.4 Å². The van der Waals surface area contributed by atoms with Crippen LogP contribution in [0.25, 0.3) is 10.6 Å². The molecule has 0 aliphatic heterocycles. The zero-order chi connectivity index (χ0) is 28.0. The number of halogens is 3. The standard InChI is InChI=1S/C26H32F3N7OS2/c1-5-7-8-36(10-9-35(6-2)22-30-11-18(12-31-22)26(27,28)29)21(37)24-14-25(24,15-24)34-23-33-19(13-38-23)20-16(3)32-17(4)39-20/h11-13H,5-10,14-15H2,1-4H3,(H,33,34). The third-order valence-electron chi connectivity index (χ3n) is 7.61. The van der Waals surface area contributed by atoms with E-state index in [9.17, 15) is 18.0 Å². The second kappa shape index (κ2) is 10.3. The molecule has 0 atom stereocenters. The van der Waals surface area contributed by atoms with Crippen molar-refractivity contribution in [1.29, 1.82) is 0 Å². The molecule has 13 heteroatoms. The maximum absolute atomic E-state index is 13.7. The lowest BCUT2D eigenvalue weighted by Crippen LogP contribution is -2.42. The summed E-state index contributed by atoms with van der Waals surface area (Å²) < 4.78 is 38.7. The highest BCUT2D eigenvalue weighted by Gasteiger charge is 2.88. The van der Waals surface area contributed by atoms with E-state index in [1.54, 1.807) is 27.6 Å². The molecule has 8 nitrogen and oxygen atoms in total. The number of fused-ring (bicyclic) bond motifs is 1. The van der Waals surface area contributed by atoms with Crippen molar-refractivity contribution in [3.05, 3.63) is 34.0 Å². The molecule has 1 N–H and O–H groups in total. The Bertz CT molecular complexity index is 1330. The SMILES string of the molecule is CCCCN(CCN(CC)c1ncc(C(F)(F)F)cn1)C(=O)C12CC1(Nc1nc(-c3sc(C)nc3C)cs1)C2. The molecule has 2 saturated carbocycles. The number of anilines is 2. The molecular formula is C26H32F3N7OS2. The Labute approximate surface area is 233 Å². The molecule has 0 unspecified atom stereocenters. The zero-order valence-corrected chi connectivity index (χ0v) is 24.1. The van der Waals surface area contributed by atoms with Crippen LogP contribution >= 0.6 is 22.7 Å². The van der Waals surface area contributed by atoms with Crippen molar-refractivity contribution in [1.82, 2.24) is 24.8 Å². The topological polar surface area (TPSA) is 87.1 Å². The molecule has 2 fully saturated rings.